The van der Waals surface area contributed by atoms with Crippen LogP contribution >= 0.6 is 0 Å². The van der Waals surface area contributed by atoms with E-state index in [0.29, 0.717) is 6.61 Å². The molecule has 0 spiro atoms. The lowest BCUT2D eigenvalue weighted by molar-refractivity contribution is -0.276. The van der Waals surface area contributed by atoms with Gasteiger partial charge in [-0.25, -0.2) is 0 Å². The van der Waals surface area contributed by atoms with Crippen LogP contribution in [0.15, 0.2) is 24.3 Å². The molecule has 3 aliphatic rings. The van der Waals surface area contributed by atoms with Gasteiger partial charge < -0.3 is 23.7 Å². The summed E-state index contributed by atoms with van der Waals surface area (Å²) in [4.78, 5) is 0. The zero-order valence-corrected chi connectivity index (χ0v) is 14.6. The van der Waals surface area contributed by atoms with Crippen molar-refractivity contribution < 1.29 is 23.7 Å². The van der Waals surface area contributed by atoms with Crippen LogP contribution in [0.25, 0.3) is 0 Å². The largest absolute Gasteiger partial charge is 0.368 e. The van der Waals surface area contributed by atoms with Crippen LogP contribution in [-0.4, -0.2) is 43.6 Å². The van der Waals surface area contributed by atoms with Crippen molar-refractivity contribution >= 4 is 0 Å². The standard InChI is InChI=1S/C19H26O5/c1-19(2)23-16-15-14(22-18(20-3)17(16)24-19)10-6-9-12-7-4-5-8-13(12)11-21-15/h4-5,7-8,14-18H,6,9-11H2,1-3H3/t14-,15-,16+,17+,18+/m1/s1. The highest BCUT2D eigenvalue weighted by Gasteiger charge is 2.55. The monoisotopic (exact) mass is 334 g/mol. The zero-order chi connectivity index (χ0) is 16.7. The first-order valence-electron chi connectivity index (χ1n) is 8.80. The van der Waals surface area contributed by atoms with Gasteiger partial charge in [0.2, 0.25) is 0 Å². The van der Waals surface area contributed by atoms with Crippen LogP contribution in [-0.2, 0) is 36.7 Å². The number of methoxy groups -OCH3 is 1. The number of hydrogen-bond donors (Lipinski definition) is 0. The van der Waals surface area contributed by atoms with Crippen molar-refractivity contribution in [2.24, 2.45) is 0 Å². The quantitative estimate of drug-likeness (QED) is 0.790. The molecule has 2 saturated heterocycles. The Bertz CT molecular complexity index is 587. The van der Waals surface area contributed by atoms with Gasteiger partial charge in [-0.2, -0.15) is 0 Å². The molecule has 5 heteroatoms. The summed E-state index contributed by atoms with van der Waals surface area (Å²) in [5, 5.41) is 0. The summed E-state index contributed by atoms with van der Waals surface area (Å²) in [5.74, 6) is -0.649. The van der Waals surface area contributed by atoms with Crippen molar-refractivity contribution in [3.63, 3.8) is 0 Å². The lowest BCUT2D eigenvalue weighted by Gasteiger charge is -2.41. The number of ether oxygens (including phenoxy) is 5. The summed E-state index contributed by atoms with van der Waals surface area (Å²) >= 11 is 0. The lowest BCUT2D eigenvalue weighted by Crippen LogP contribution is -2.57. The normalized spacial score (nSPS) is 38.2. The molecule has 5 atom stereocenters. The molecule has 0 radical (unpaired) electrons. The van der Waals surface area contributed by atoms with E-state index in [2.05, 4.69) is 24.3 Å². The van der Waals surface area contributed by atoms with E-state index >= 15 is 0 Å². The van der Waals surface area contributed by atoms with Crippen molar-refractivity contribution in [2.45, 2.75) is 76.2 Å². The van der Waals surface area contributed by atoms with Crippen LogP contribution in [0.4, 0.5) is 0 Å². The third-order valence-corrected chi connectivity index (χ3v) is 5.15. The van der Waals surface area contributed by atoms with Gasteiger partial charge in [-0.1, -0.05) is 24.3 Å². The van der Waals surface area contributed by atoms with Gasteiger partial charge in [-0.3, -0.25) is 0 Å². The van der Waals surface area contributed by atoms with Crippen LogP contribution in [0.5, 0.6) is 0 Å². The molecule has 0 bridgehead atoms. The summed E-state index contributed by atoms with van der Waals surface area (Å²) in [6, 6.07) is 8.49. The fourth-order valence-electron chi connectivity index (χ4n) is 4.07. The molecule has 0 N–H and O–H groups in total. The third kappa shape index (κ3) is 3.00. The number of rotatable bonds is 1. The minimum atomic E-state index is -0.649. The first-order chi connectivity index (χ1) is 11.6. The van der Waals surface area contributed by atoms with Gasteiger partial charge in [0.1, 0.15) is 18.3 Å². The molecule has 0 amide bonds. The summed E-state index contributed by atoms with van der Waals surface area (Å²) in [7, 11) is 1.66. The molecule has 5 nitrogen and oxygen atoms in total. The smallest absolute Gasteiger partial charge is 0.186 e. The van der Waals surface area contributed by atoms with Gasteiger partial charge in [0.05, 0.1) is 12.7 Å². The molecule has 3 aliphatic heterocycles. The predicted octanol–water partition coefficient (Wildman–Crippen LogP) is 2.80. The maximum atomic E-state index is 6.31. The van der Waals surface area contributed by atoms with Crippen molar-refractivity contribution in [3.05, 3.63) is 35.4 Å². The first kappa shape index (κ1) is 16.5. The van der Waals surface area contributed by atoms with Crippen molar-refractivity contribution in [1.82, 2.24) is 0 Å². The van der Waals surface area contributed by atoms with E-state index in [1.807, 2.05) is 13.8 Å². The number of hydrogen-bond acceptors (Lipinski definition) is 5. The van der Waals surface area contributed by atoms with Gasteiger partial charge in [-0.05, 0) is 44.2 Å². The number of aryl methyl sites for hydroxylation is 1. The minimum Gasteiger partial charge on any atom is -0.368 e. The molecule has 3 heterocycles. The third-order valence-electron chi connectivity index (χ3n) is 5.15. The van der Waals surface area contributed by atoms with E-state index in [4.69, 9.17) is 23.7 Å². The topological polar surface area (TPSA) is 46.2 Å². The Kier molecular flexibility index (Phi) is 4.39. The van der Waals surface area contributed by atoms with E-state index in [9.17, 15) is 0 Å². The molecule has 0 aliphatic carbocycles. The lowest BCUT2D eigenvalue weighted by atomic mass is 9.94. The molecule has 1 aromatic rings. The molecule has 1 aromatic carbocycles. The van der Waals surface area contributed by atoms with E-state index < -0.39 is 12.1 Å². The van der Waals surface area contributed by atoms with Crippen LogP contribution < -0.4 is 0 Å². The van der Waals surface area contributed by atoms with Crippen molar-refractivity contribution in [3.8, 4) is 0 Å². The average Bonchev–Trinajstić information content (AvgIpc) is 2.92. The van der Waals surface area contributed by atoms with Crippen molar-refractivity contribution in [1.29, 1.82) is 0 Å². The average molecular weight is 334 g/mol. The second-order valence-electron chi connectivity index (χ2n) is 7.28. The second-order valence-corrected chi connectivity index (χ2v) is 7.28. The number of fused-ring (bicyclic) bond motifs is 4. The van der Waals surface area contributed by atoms with Gasteiger partial charge >= 0.3 is 0 Å². The molecule has 0 saturated carbocycles. The van der Waals surface area contributed by atoms with Crippen LogP contribution in [0.1, 0.15) is 37.8 Å². The zero-order valence-electron chi connectivity index (χ0n) is 14.6. The Morgan fingerprint density at radius 1 is 1.04 bits per heavy atom. The van der Waals surface area contributed by atoms with Crippen LogP contribution in [0.2, 0.25) is 0 Å². The Balaban J connectivity index is 1.61. The first-order valence-corrected chi connectivity index (χ1v) is 8.80. The van der Waals surface area contributed by atoms with E-state index in [1.165, 1.54) is 11.1 Å². The van der Waals surface area contributed by atoms with Crippen LogP contribution in [0.3, 0.4) is 0 Å². The fourth-order valence-corrected chi connectivity index (χ4v) is 4.07. The fraction of sp³-hybridized carbons (Fsp3) is 0.684. The highest BCUT2D eigenvalue weighted by molar-refractivity contribution is 5.27. The molecular formula is C19H26O5. The highest BCUT2D eigenvalue weighted by atomic mass is 16.8. The van der Waals surface area contributed by atoms with E-state index in [-0.39, 0.29) is 24.4 Å². The molecule has 4 rings (SSSR count). The minimum absolute atomic E-state index is 0.0389. The Morgan fingerprint density at radius 3 is 2.58 bits per heavy atom. The summed E-state index contributed by atoms with van der Waals surface area (Å²) in [6.07, 6.45) is 1.99. The maximum absolute atomic E-state index is 6.31. The van der Waals surface area contributed by atoms with Crippen molar-refractivity contribution in [2.75, 3.05) is 7.11 Å². The Labute approximate surface area is 143 Å². The van der Waals surface area contributed by atoms with Gasteiger partial charge in [0.15, 0.2) is 12.1 Å². The van der Waals surface area contributed by atoms with Gasteiger partial charge in [0.25, 0.3) is 0 Å². The van der Waals surface area contributed by atoms with E-state index in [1.54, 1.807) is 7.11 Å². The number of benzene rings is 1. The predicted molar refractivity (Wildman–Crippen MR) is 87.5 cm³/mol. The second kappa shape index (κ2) is 6.39. The Morgan fingerprint density at radius 2 is 1.79 bits per heavy atom. The van der Waals surface area contributed by atoms with E-state index in [0.717, 1.165) is 19.3 Å². The van der Waals surface area contributed by atoms with Crippen LogP contribution in [0, 0.1) is 0 Å². The summed E-state index contributed by atoms with van der Waals surface area (Å²) in [6.45, 7) is 4.43. The SMILES string of the molecule is CO[C@H]1O[C@@H]2CCCc3ccccc3CO[C@H]2[C@@H]2OC(C)(C)O[C@H]12. The molecule has 132 valence electrons. The molecule has 24 heavy (non-hydrogen) atoms. The highest BCUT2D eigenvalue weighted by Crippen LogP contribution is 2.40. The molecule has 0 unspecified atom stereocenters. The Hall–Kier alpha value is -0.980. The summed E-state index contributed by atoms with van der Waals surface area (Å²) < 4.78 is 30.2. The maximum Gasteiger partial charge on any atom is 0.186 e. The van der Waals surface area contributed by atoms with Gasteiger partial charge in [-0.15, -0.1) is 0 Å². The molecule has 0 aromatic heterocycles. The summed E-state index contributed by atoms with van der Waals surface area (Å²) in [5.41, 5.74) is 2.61. The molecular weight excluding hydrogens is 308 g/mol. The molecule has 2 fully saturated rings. The van der Waals surface area contributed by atoms with Gasteiger partial charge in [0, 0.05) is 7.11 Å².